The minimum Gasteiger partial charge on any atom is -0.299 e. The summed E-state index contributed by atoms with van der Waals surface area (Å²) in [5, 5.41) is 2.31. The lowest BCUT2D eigenvalue weighted by atomic mass is 9.81. The Kier molecular flexibility index (Phi) is 2.63. The fraction of sp³-hybridized carbons (Fsp3) is 0.333. The molecule has 2 nitrogen and oxygen atoms in total. The molecule has 1 unspecified atom stereocenters. The van der Waals surface area contributed by atoms with Crippen molar-refractivity contribution in [2.75, 3.05) is 0 Å². The lowest BCUT2D eigenvalue weighted by Gasteiger charge is -2.22. The van der Waals surface area contributed by atoms with E-state index < -0.39 is 0 Å². The van der Waals surface area contributed by atoms with Crippen molar-refractivity contribution in [1.82, 2.24) is 4.98 Å². The summed E-state index contributed by atoms with van der Waals surface area (Å²) in [4.78, 5) is 16.2. The lowest BCUT2D eigenvalue weighted by molar-refractivity contribution is -0.121. The van der Waals surface area contributed by atoms with E-state index in [2.05, 4.69) is 17.1 Å². The molecule has 0 bridgehead atoms. The molecule has 3 rings (SSSR count). The Morgan fingerprint density at radius 3 is 3.00 bits per heavy atom. The van der Waals surface area contributed by atoms with Crippen LogP contribution in [0.1, 0.15) is 37.2 Å². The van der Waals surface area contributed by atoms with Gasteiger partial charge in [-0.3, -0.25) is 9.78 Å². The van der Waals surface area contributed by atoms with Crippen LogP contribution in [0.4, 0.5) is 0 Å². The molecule has 1 aliphatic carbocycles. The summed E-state index contributed by atoms with van der Waals surface area (Å²) < 4.78 is 0. The number of pyridine rings is 1. The molecule has 1 atom stereocenters. The van der Waals surface area contributed by atoms with Crippen molar-refractivity contribution < 1.29 is 4.79 Å². The Hall–Kier alpha value is -1.70. The molecule has 86 valence electrons. The van der Waals surface area contributed by atoms with Crippen LogP contribution in [0.25, 0.3) is 10.8 Å². The predicted molar refractivity (Wildman–Crippen MR) is 68.0 cm³/mol. The fourth-order valence-corrected chi connectivity index (χ4v) is 2.76. The van der Waals surface area contributed by atoms with Crippen molar-refractivity contribution in [2.24, 2.45) is 0 Å². The topological polar surface area (TPSA) is 30.0 Å². The van der Waals surface area contributed by atoms with Crippen LogP contribution in [0, 0.1) is 0 Å². The minimum absolute atomic E-state index is 0.106. The SMILES string of the molecule is O=C1CCCCC1c1cccc2cnccc12. The quantitative estimate of drug-likeness (QED) is 0.744. The largest absolute Gasteiger partial charge is 0.299 e. The number of fused-ring (bicyclic) bond motifs is 1. The van der Waals surface area contributed by atoms with Gasteiger partial charge in [0.15, 0.2) is 0 Å². The van der Waals surface area contributed by atoms with Crippen molar-refractivity contribution in [2.45, 2.75) is 31.6 Å². The molecule has 2 heteroatoms. The van der Waals surface area contributed by atoms with Gasteiger partial charge in [-0.15, -0.1) is 0 Å². The number of aromatic nitrogens is 1. The van der Waals surface area contributed by atoms with Crippen LogP contribution in [0.2, 0.25) is 0 Å². The number of benzene rings is 1. The summed E-state index contributed by atoms with van der Waals surface area (Å²) >= 11 is 0. The summed E-state index contributed by atoms with van der Waals surface area (Å²) in [7, 11) is 0. The molecule has 1 fully saturated rings. The third-order valence-corrected chi connectivity index (χ3v) is 3.64. The number of Topliss-reactive ketones (excluding diaryl/α,β-unsaturated/α-hetero) is 1. The highest BCUT2D eigenvalue weighted by Crippen LogP contribution is 2.33. The minimum atomic E-state index is 0.106. The molecule has 0 spiro atoms. The predicted octanol–water partition coefficient (Wildman–Crippen LogP) is 3.46. The molecule has 1 aliphatic rings. The first-order chi connectivity index (χ1) is 8.36. The average Bonchev–Trinajstić information content (AvgIpc) is 2.39. The van der Waals surface area contributed by atoms with E-state index in [9.17, 15) is 4.79 Å². The van der Waals surface area contributed by atoms with Crippen molar-refractivity contribution in [3.63, 3.8) is 0 Å². The van der Waals surface area contributed by atoms with Gasteiger partial charge in [-0.1, -0.05) is 24.6 Å². The molecular formula is C15H15NO. The van der Waals surface area contributed by atoms with Crippen LogP contribution in [0.3, 0.4) is 0 Å². The highest BCUT2D eigenvalue weighted by molar-refractivity contribution is 5.93. The van der Waals surface area contributed by atoms with E-state index >= 15 is 0 Å². The maximum atomic E-state index is 12.0. The zero-order valence-electron chi connectivity index (χ0n) is 9.73. The molecule has 0 amide bonds. The molecule has 1 aromatic heterocycles. The normalized spacial score (nSPS) is 20.7. The van der Waals surface area contributed by atoms with Crippen LogP contribution in [0.5, 0.6) is 0 Å². The molecule has 0 aliphatic heterocycles. The van der Waals surface area contributed by atoms with Gasteiger partial charge in [0.05, 0.1) is 0 Å². The summed E-state index contributed by atoms with van der Waals surface area (Å²) in [5.74, 6) is 0.510. The standard InChI is InChI=1S/C15H15NO/c17-15-7-2-1-5-14(15)13-6-3-4-11-10-16-9-8-12(11)13/h3-4,6,8-10,14H,1-2,5,7H2. The van der Waals surface area contributed by atoms with E-state index in [1.54, 1.807) is 6.20 Å². The zero-order chi connectivity index (χ0) is 11.7. The number of carbonyl (C=O) groups is 1. The maximum Gasteiger partial charge on any atom is 0.140 e. The second kappa shape index (κ2) is 4.28. The first-order valence-electron chi connectivity index (χ1n) is 6.21. The molecule has 0 radical (unpaired) electrons. The molecule has 2 aromatic rings. The Balaban J connectivity index is 2.13. The molecule has 1 saturated carbocycles. The number of carbonyl (C=O) groups excluding carboxylic acids is 1. The van der Waals surface area contributed by atoms with Crippen molar-refractivity contribution >= 4 is 16.6 Å². The molecular weight excluding hydrogens is 210 g/mol. The number of hydrogen-bond acceptors (Lipinski definition) is 2. The van der Waals surface area contributed by atoms with E-state index in [4.69, 9.17) is 0 Å². The summed E-state index contributed by atoms with van der Waals surface area (Å²) in [6.45, 7) is 0. The van der Waals surface area contributed by atoms with Crippen molar-refractivity contribution in [1.29, 1.82) is 0 Å². The molecule has 0 N–H and O–H groups in total. The van der Waals surface area contributed by atoms with E-state index in [1.165, 1.54) is 10.9 Å². The number of hydrogen-bond donors (Lipinski definition) is 0. The molecule has 0 saturated heterocycles. The van der Waals surface area contributed by atoms with Crippen LogP contribution >= 0.6 is 0 Å². The number of nitrogens with zero attached hydrogens (tertiary/aromatic N) is 1. The summed E-state index contributed by atoms with van der Waals surface area (Å²) in [6, 6.07) is 8.20. The van der Waals surface area contributed by atoms with Crippen LogP contribution in [0.15, 0.2) is 36.7 Å². The van der Waals surface area contributed by atoms with Crippen LogP contribution in [-0.2, 0) is 4.79 Å². The first-order valence-corrected chi connectivity index (χ1v) is 6.21. The maximum absolute atomic E-state index is 12.0. The highest BCUT2D eigenvalue weighted by Gasteiger charge is 2.24. The Bertz CT molecular complexity index is 556. The Morgan fingerprint density at radius 2 is 2.12 bits per heavy atom. The lowest BCUT2D eigenvalue weighted by Crippen LogP contribution is -2.17. The van der Waals surface area contributed by atoms with Crippen LogP contribution in [-0.4, -0.2) is 10.8 Å². The van der Waals surface area contributed by atoms with Gasteiger partial charge in [-0.05, 0) is 29.9 Å². The van der Waals surface area contributed by atoms with Gasteiger partial charge in [-0.25, -0.2) is 0 Å². The van der Waals surface area contributed by atoms with Gasteiger partial charge in [0.2, 0.25) is 0 Å². The second-order valence-corrected chi connectivity index (χ2v) is 4.71. The van der Waals surface area contributed by atoms with Crippen molar-refractivity contribution in [3.8, 4) is 0 Å². The van der Waals surface area contributed by atoms with E-state index in [0.717, 1.165) is 31.1 Å². The van der Waals surface area contributed by atoms with Crippen LogP contribution < -0.4 is 0 Å². The highest BCUT2D eigenvalue weighted by atomic mass is 16.1. The van der Waals surface area contributed by atoms with E-state index in [0.29, 0.717) is 5.78 Å². The third kappa shape index (κ3) is 1.84. The van der Waals surface area contributed by atoms with Crippen molar-refractivity contribution in [3.05, 3.63) is 42.2 Å². The second-order valence-electron chi connectivity index (χ2n) is 4.71. The van der Waals surface area contributed by atoms with E-state index in [1.807, 2.05) is 18.3 Å². The molecule has 1 aromatic carbocycles. The van der Waals surface area contributed by atoms with Gasteiger partial charge < -0.3 is 0 Å². The van der Waals surface area contributed by atoms with E-state index in [-0.39, 0.29) is 5.92 Å². The molecule has 1 heterocycles. The van der Waals surface area contributed by atoms with Gasteiger partial charge >= 0.3 is 0 Å². The smallest absolute Gasteiger partial charge is 0.140 e. The Labute approximate surface area is 101 Å². The Morgan fingerprint density at radius 1 is 1.18 bits per heavy atom. The van der Waals surface area contributed by atoms with Gasteiger partial charge in [0, 0.05) is 30.1 Å². The fourth-order valence-electron chi connectivity index (χ4n) is 2.76. The summed E-state index contributed by atoms with van der Waals surface area (Å²) in [5.41, 5.74) is 1.19. The number of rotatable bonds is 1. The average molecular weight is 225 g/mol. The van der Waals surface area contributed by atoms with Gasteiger partial charge in [0.25, 0.3) is 0 Å². The summed E-state index contributed by atoms with van der Waals surface area (Å²) in [6.07, 6.45) is 7.64. The molecule has 17 heavy (non-hydrogen) atoms. The zero-order valence-corrected chi connectivity index (χ0v) is 9.73. The number of ketones is 1. The first kappa shape index (κ1) is 10.5. The third-order valence-electron chi connectivity index (χ3n) is 3.64. The monoisotopic (exact) mass is 225 g/mol. The van der Waals surface area contributed by atoms with Gasteiger partial charge in [0.1, 0.15) is 5.78 Å². The van der Waals surface area contributed by atoms with Gasteiger partial charge in [-0.2, -0.15) is 0 Å².